The number of aromatic nitrogens is 1. The molecule has 1 atom stereocenters. The molecule has 0 aromatic carbocycles. The Bertz CT molecular complexity index is 456. The summed E-state index contributed by atoms with van der Waals surface area (Å²) >= 11 is 0. The summed E-state index contributed by atoms with van der Waals surface area (Å²) in [4.78, 5) is 16.5. The van der Waals surface area contributed by atoms with E-state index in [1.54, 1.807) is 18.3 Å². The van der Waals surface area contributed by atoms with E-state index in [4.69, 9.17) is 0 Å². The normalized spacial score (nSPS) is 21.1. The van der Waals surface area contributed by atoms with Gasteiger partial charge in [-0.2, -0.15) is 0 Å². The van der Waals surface area contributed by atoms with Crippen LogP contribution in [-0.4, -0.2) is 23.5 Å². The number of amides is 1. The molecular weight excluding hydrogens is 238 g/mol. The third-order valence-corrected chi connectivity index (χ3v) is 3.94. The topological polar surface area (TPSA) is 54.0 Å². The van der Waals surface area contributed by atoms with Crippen LogP contribution in [0.4, 0.5) is 5.82 Å². The van der Waals surface area contributed by atoms with Gasteiger partial charge in [-0.05, 0) is 37.3 Å². The predicted molar refractivity (Wildman–Crippen MR) is 77.3 cm³/mol. The van der Waals surface area contributed by atoms with Crippen LogP contribution in [0, 0.1) is 5.41 Å². The summed E-state index contributed by atoms with van der Waals surface area (Å²) in [5.41, 5.74) is 0.876. The maximum Gasteiger partial charge on any atom is 0.251 e. The fourth-order valence-electron chi connectivity index (χ4n) is 2.69. The van der Waals surface area contributed by atoms with E-state index in [2.05, 4.69) is 29.5 Å². The summed E-state index contributed by atoms with van der Waals surface area (Å²) in [5, 5.41) is 6.28. The Hall–Kier alpha value is -1.58. The van der Waals surface area contributed by atoms with E-state index < -0.39 is 0 Å². The van der Waals surface area contributed by atoms with Gasteiger partial charge in [0.15, 0.2) is 0 Å². The molecule has 1 aliphatic carbocycles. The van der Waals surface area contributed by atoms with Crippen LogP contribution in [0.2, 0.25) is 0 Å². The molecule has 1 aromatic rings. The monoisotopic (exact) mass is 261 g/mol. The molecule has 0 aliphatic heterocycles. The van der Waals surface area contributed by atoms with Crippen LogP contribution in [0.3, 0.4) is 0 Å². The zero-order valence-corrected chi connectivity index (χ0v) is 12.0. The van der Waals surface area contributed by atoms with Crippen molar-refractivity contribution in [3.05, 3.63) is 23.9 Å². The van der Waals surface area contributed by atoms with E-state index in [-0.39, 0.29) is 17.4 Å². The highest BCUT2D eigenvalue weighted by Crippen LogP contribution is 2.37. The number of hydrogen-bond acceptors (Lipinski definition) is 3. The number of anilines is 1. The first kappa shape index (κ1) is 13.8. The Balaban J connectivity index is 2.05. The van der Waals surface area contributed by atoms with Gasteiger partial charge in [0, 0.05) is 24.3 Å². The molecule has 4 heteroatoms. The minimum absolute atomic E-state index is 0.00141. The Morgan fingerprint density at radius 2 is 2.32 bits per heavy atom. The number of hydrogen-bond donors (Lipinski definition) is 2. The van der Waals surface area contributed by atoms with Gasteiger partial charge in [-0.25, -0.2) is 4.98 Å². The quantitative estimate of drug-likeness (QED) is 0.876. The van der Waals surface area contributed by atoms with Crippen molar-refractivity contribution < 1.29 is 4.79 Å². The summed E-state index contributed by atoms with van der Waals surface area (Å²) < 4.78 is 0. The van der Waals surface area contributed by atoms with Crippen molar-refractivity contribution in [1.82, 2.24) is 10.3 Å². The van der Waals surface area contributed by atoms with Crippen molar-refractivity contribution in [2.45, 2.75) is 46.1 Å². The van der Waals surface area contributed by atoms with E-state index in [1.807, 2.05) is 6.92 Å². The molecule has 0 spiro atoms. The average molecular weight is 261 g/mol. The minimum atomic E-state index is 0.00141. The summed E-state index contributed by atoms with van der Waals surface area (Å²) in [5.74, 6) is 0.752. The number of pyridine rings is 1. The first-order valence-corrected chi connectivity index (χ1v) is 7.04. The van der Waals surface area contributed by atoms with E-state index in [1.165, 1.54) is 12.8 Å². The first-order valence-electron chi connectivity index (χ1n) is 7.04. The zero-order valence-electron chi connectivity index (χ0n) is 12.0. The van der Waals surface area contributed by atoms with Crippen LogP contribution < -0.4 is 10.6 Å². The highest BCUT2D eigenvalue weighted by atomic mass is 16.1. The Morgan fingerprint density at radius 1 is 1.53 bits per heavy atom. The van der Waals surface area contributed by atoms with Crippen LogP contribution in [0.1, 0.15) is 50.4 Å². The molecule has 1 fully saturated rings. The number of carbonyl (C=O) groups excluding carboxylic acids is 1. The minimum Gasteiger partial charge on any atom is -0.370 e. The van der Waals surface area contributed by atoms with Gasteiger partial charge >= 0.3 is 0 Å². The summed E-state index contributed by atoms with van der Waals surface area (Å²) in [7, 11) is 0. The lowest BCUT2D eigenvalue weighted by atomic mass is 9.87. The fourth-order valence-corrected chi connectivity index (χ4v) is 2.69. The van der Waals surface area contributed by atoms with Gasteiger partial charge < -0.3 is 10.6 Å². The molecule has 104 valence electrons. The molecular formula is C15H23N3O. The zero-order chi connectivity index (χ0) is 13.9. The molecule has 1 saturated carbocycles. The van der Waals surface area contributed by atoms with Gasteiger partial charge in [0.25, 0.3) is 5.91 Å². The standard InChI is InChI=1S/C15H23N3O/c1-4-16-13-10-11(7-9-17-13)14(19)18-12-6-5-8-15(12,2)3/h7,9-10,12H,4-6,8H2,1-3H3,(H,16,17)(H,18,19). The van der Waals surface area contributed by atoms with E-state index in [0.29, 0.717) is 5.56 Å². The van der Waals surface area contributed by atoms with Crippen molar-refractivity contribution in [3.8, 4) is 0 Å². The molecule has 2 N–H and O–H groups in total. The predicted octanol–water partition coefficient (Wildman–Crippen LogP) is 2.82. The number of carbonyl (C=O) groups is 1. The third kappa shape index (κ3) is 3.25. The lowest BCUT2D eigenvalue weighted by molar-refractivity contribution is 0.0910. The second-order valence-electron chi connectivity index (χ2n) is 5.87. The molecule has 0 bridgehead atoms. The van der Waals surface area contributed by atoms with E-state index in [0.717, 1.165) is 18.8 Å². The van der Waals surface area contributed by atoms with Crippen molar-refractivity contribution in [3.63, 3.8) is 0 Å². The van der Waals surface area contributed by atoms with Crippen molar-refractivity contribution >= 4 is 11.7 Å². The molecule has 1 unspecified atom stereocenters. The van der Waals surface area contributed by atoms with Crippen LogP contribution in [0.15, 0.2) is 18.3 Å². The smallest absolute Gasteiger partial charge is 0.251 e. The number of nitrogens with zero attached hydrogens (tertiary/aromatic N) is 1. The summed E-state index contributed by atoms with van der Waals surface area (Å²) in [6, 6.07) is 3.84. The number of nitrogens with one attached hydrogen (secondary N) is 2. The van der Waals surface area contributed by atoms with E-state index >= 15 is 0 Å². The van der Waals surface area contributed by atoms with Gasteiger partial charge in [-0.1, -0.05) is 20.3 Å². The van der Waals surface area contributed by atoms with Gasteiger partial charge in [0.1, 0.15) is 5.82 Å². The molecule has 0 saturated heterocycles. The van der Waals surface area contributed by atoms with Gasteiger partial charge in [0.2, 0.25) is 0 Å². The second kappa shape index (κ2) is 5.59. The molecule has 0 radical (unpaired) electrons. The highest BCUT2D eigenvalue weighted by molar-refractivity contribution is 5.95. The fraction of sp³-hybridized carbons (Fsp3) is 0.600. The Kier molecular flexibility index (Phi) is 4.08. The lowest BCUT2D eigenvalue weighted by Gasteiger charge is -2.27. The molecule has 1 aromatic heterocycles. The summed E-state index contributed by atoms with van der Waals surface area (Å²) in [6.07, 6.45) is 5.12. The molecule has 4 nitrogen and oxygen atoms in total. The number of rotatable bonds is 4. The van der Waals surface area contributed by atoms with Crippen LogP contribution in [0.5, 0.6) is 0 Å². The molecule has 1 heterocycles. The van der Waals surface area contributed by atoms with Gasteiger partial charge in [-0.3, -0.25) is 4.79 Å². The van der Waals surface area contributed by atoms with Crippen LogP contribution in [0.25, 0.3) is 0 Å². The maximum atomic E-state index is 12.3. The average Bonchev–Trinajstić information content (AvgIpc) is 2.69. The Morgan fingerprint density at radius 3 is 2.95 bits per heavy atom. The van der Waals surface area contributed by atoms with Crippen molar-refractivity contribution in [2.24, 2.45) is 5.41 Å². The largest absolute Gasteiger partial charge is 0.370 e. The van der Waals surface area contributed by atoms with Crippen molar-refractivity contribution in [1.29, 1.82) is 0 Å². The SMILES string of the molecule is CCNc1cc(C(=O)NC2CCCC2(C)C)ccn1. The van der Waals surface area contributed by atoms with Gasteiger partial charge in [0.05, 0.1) is 0 Å². The van der Waals surface area contributed by atoms with Crippen LogP contribution in [-0.2, 0) is 0 Å². The molecule has 1 aliphatic rings. The maximum absolute atomic E-state index is 12.3. The highest BCUT2D eigenvalue weighted by Gasteiger charge is 2.35. The first-order chi connectivity index (χ1) is 9.03. The molecule has 2 rings (SSSR count). The van der Waals surface area contributed by atoms with Crippen LogP contribution >= 0.6 is 0 Å². The molecule has 19 heavy (non-hydrogen) atoms. The molecule has 1 amide bonds. The third-order valence-electron chi connectivity index (χ3n) is 3.94. The second-order valence-corrected chi connectivity index (χ2v) is 5.87. The van der Waals surface area contributed by atoms with Gasteiger partial charge in [-0.15, -0.1) is 0 Å². The van der Waals surface area contributed by atoms with Crippen molar-refractivity contribution in [2.75, 3.05) is 11.9 Å². The van der Waals surface area contributed by atoms with E-state index in [9.17, 15) is 4.79 Å². The summed E-state index contributed by atoms with van der Waals surface area (Å²) in [6.45, 7) is 7.26. The lowest BCUT2D eigenvalue weighted by Crippen LogP contribution is -2.41. The Labute approximate surface area is 115 Å².